The number of benzene rings is 2. The number of ether oxygens (including phenoxy) is 2. The van der Waals surface area contributed by atoms with Crippen molar-refractivity contribution in [3.63, 3.8) is 0 Å². The molecule has 2 aromatic carbocycles. The van der Waals surface area contributed by atoms with Gasteiger partial charge in [-0.1, -0.05) is 42.5 Å². The van der Waals surface area contributed by atoms with Gasteiger partial charge in [-0.3, -0.25) is 9.59 Å². The first-order valence-corrected chi connectivity index (χ1v) is 11.7. The lowest BCUT2D eigenvalue weighted by molar-refractivity contribution is -0.125. The molecule has 2 aliphatic rings. The highest BCUT2D eigenvalue weighted by Crippen LogP contribution is 2.39. The van der Waals surface area contributed by atoms with Crippen LogP contribution in [0.15, 0.2) is 54.6 Å². The van der Waals surface area contributed by atoms with Crippen molar-refractivity contribution in [3.8, 4) is 11.5 Å². The second kappa shape index (κ2) is 9.04. The predicted octanol–water partition coefficient (Wildman–Crippen LogP) is 4.34. The molecule has 32 heavy (non-hydrogen) atoms. The lowest BCUT2D eigenvalue weighted by atomic mass is 9.95. The fourth-order valence-electron chi connectivity index (χ4n) is 4.10. The molecule has 164 valence electrons. The fourth-order valence-corrected chi connectivity index (χ4v) is 5.39. The molecule has 7 heteroatoms. The number of nitrogens with one attached hydrogen (secondary N) is 2. The summed E-state index contributed by atoms with van der Waals surface area (Å²) in [4.78, 5) is 27.4. The van der Waals surface area contributed by atoms with Gasteiger partial charge in [0.15, 0.2) is 11.5 Å². The van der Waals surface area contributed by atoms with E-state index in [4.69, 9.17) is 9.47 Å². The summed E-state index contributed by atoms with van der Waals surface area (Å²) in [6, 6.07) is 17.1. The minimum absolute atomic E-state index is 0.128. The molecule has 1 aliphatic heterocycles. The van der Waals surface area contributed by atoms with Gasteiger partial charge in [0, 0.05) is 11.4 Å². The van der Waals surface area contributed by atoms with Crippen LogP contribution in [0, 0.1) is 0 Å². The Kier molecular flexibility index (Phi) is 5.81. The van der Waals surface area contributed by atoms with E-state index in [0.717, 1.165) is 36.8 Å². The summed E-state index contributed by atoms with van der Waals surface area (Å²) in [7, 11) is 0. The summed E-state index contributed by atoms with van der Waals surface area (Å²) < 4.78 is 11.5. The Morgan fingerprint density at radius 3 is 2.56 bits per heavy atom. The average molecular weight is 449 g/mol. The Hall–Kier alpha value is -3.32. The van der Waals surface area contributed by atoms with Gasteiger partial charge in [-0.05, 0) is 48.9 Å². The molecule has 0 saturated heterocycles. The number of aryl methyl sites for hydroxylation is 1. The number of thiophene rings is 1. The maximum absolute atomic E-state index is 13.2. The number of hydrogen-bond acceptors (Lipinski definition) is 5. The zero-order chi connectivity index (χ0) is 21.9. The number of para-hydroxylation sites is 2. The zero-order valence-electron chi connectivity index (χ0n) is 17.6. The predicted molar refractivity (Wildman–Crippen MR) is 124 cm³/mol. The Morgan fingerprint density at radius 1 is 0.969 bits per heavy atom. The van der Waals surface area contributed by atoms with E-state index in [0.29, 0.717) is 28.6 Å². The van der Waals surface area contributed by atoms with Crippen LogP contribution in [-0.4, -0.2) is 24.5 Å². The molecule has 0 radical (unpaired) electrons. The first-order valence-electron chi connectivity index (χ1n) is 10.8. The minimum atomic E-state index is -0.774. The molecular formula is C25H24N2O4S. The Labute approximate surface area is 190 Å². The van der Waals surface area contributed by atoms with Crippen LogP contribution in [0.3, 0.4) is 0 Å². The van der Waals surface area contributed by atoms with Crippen molar-refractivity contribution in [1.29, 1.82) is 0 Å². The molecule has 1 aromatic heterocycles. The van der Waals surface area contributed by atoms with Crippen molar-refractivity contribution in [1.82, 2.24) is 5.32 Å². The quantitative estimate of drug-likeness (QED) is 0.609. The molecule has 0 unspecified atom stereocenters. The smallest absolute Gasteiger partial charge is 0.269 e. The number of anilines is 1. The second-order valence-electron chi connectivity index (χ2n) is 7.94. The van der Waals surface area contributed by atoms with Crippen LogP contribution in [-0.2, 0) is 24.2 Å². The van der Waals surface area contributed by atoms with Gasteiger partial charge in [-0.25, -0.2) is 0 Å². The molecule has 0 spiro atoms. The first-order chi connectivity index (χ1) is 15.7. The summed E-state index contributed by atoms with van der Waals surface area (Å²) in [5.74, 6) is 0.708. The lowest BCUT2D eigenvalue weighted by Crippen LogP contribution is -2.40. The highest BCUT2D eigenvalue weighted by atomic mass is 32.1. The third-order valence-electron chi connectivity index (χ3n) is 5.73. The van der Waals surface area contributed by atoms with Crippen molar-refractivity contribution in [2.75, 3.05) is 11.9 Å². The lowest BCUT2D eigenvalue weighted by Gasteiger charge is -2.25. The van der Waals surface area contributed by atoms with Crippen LogP contribution < -0.4 is 20.1 Å². The van der Waals surface area contributed by atoms with Crippen LogP contribution in [0.5, 0.6) is 11.5 Å². The molecule has 1 atom stereocenters. The van der Waals surface area contributed by atoms with Gasteiger partial charge in [0.05, 0.1) is 5.56 Å². The van der Waals surface area contributed by atoms with E-state index < -0.39 is 6.10 Å². The monoisotopic (exact) mass is 448 g/mol. The van der Waals surface area contributed by atoms with E-state index in [1.807, 2.05) is 48.5 Å². The highest BCUT2D eigenvalue weighted by Gasteiger charge is 2.31. The van der Waals surface area contributed by atoms with E-state index in [9.17, 15) is 9.59 Å². The molecule has 2 amide bonds. The topological polar surface area (TPSA) is 76.7 Å². The summed E-state index contributed by atoms with van der Waals surface area (Å²) >= 11 is 1.50. The standard InChI is InChI=1S/C25H24N2O4S/c28-23(20-15-30-18-11-5-6-12-19(18)31-20)27-25-22(17-10-4-7-13-21(17)32-25)24(29)26-14-16-8-2-1-3-9-16/h1-3,5-6,8-9,11-12,20H,4,7,10,13-15H2,(H,26,29)(H,27,28)/t20-/m0/s1. The van der Waals surface area contributed by atoms with Crippen LogP contribution in [0.4, 0.5) is 5.00 Å². The second-order valence-corrected chi connectivity index (χ2v) is 9.04. The number of rotatable bonds is 5. The Bertz CT molecular complexity index is 1140. The van der Waals surface area contributed by atoms with E-state index in [1.54, 1.807) is 6.07 Å². The van der Waals surface area contributed by atoms with Crippen LogP contribution in [0.1, 0.15) is 39.2 Å². The molecule has 6 nitrogen and oxygen atoms in total. The van der Waals surface area contributed by atoms with Gasteiger partial charge in [-0.15, -0.1) is 11.3 Å². The van der Waals surface area contributed by atoms with E-state index in [-0.39, 0.29) is 18.4 Å². The van der Waals surface area contributed by atoms with Crippen molar-refractivity contribution < 1.29 is 19.1 Å². The Balaban J connectivity index is 1.35. The highest BCUT2D eigenvalue weighted by molar-refractivity contribution is 7.17. The molecule has 5 rings (SSSR count). The number of carbonyl (C=O) groups excluding carboxylic acids is 2. The van der Waals surface area contributed by atoms with Crippen molar-refractivity contribution in [2.45, 2.75) is 38.3 Å². The van der Waals surface area contributed by atoms with Crippen molar-refractivity contribution in [2.24, 2.45) is 0 Å². The third kappa shape index (κ3) is 4.21. The first kappa shape index (κ1) is 20.6. The molecule has 2 N–H and O–H groups in total. The van der Waals surface area contributed by atoms with Gasteiger partial charge < -0.3 is 20.1 Å². The van der Waals surface area contributed by atoms with Gasteiger partial charge in [0.25, 0.3) is 11.8 Å². The molecule has 3 aromatic rings. The van der Waals surface area contributed by atoms with Gasteiger partial charge in [0.1, 0.15) is 11.6 Å². The van der Waals surface area contributed by atoms with Gasteiger partial charge in [-0.2, -0.15) is 0 Å². The summed E-state index contributed by atoms with van der Waals surface area (Å²) in [5.41, 5.74) is 2.68. The van der Waals surface area contributed by atoms with Gasteiger partial charge in [0.2, 0.25) is 6.10 Å². The molecule has 0 saturated carbocycles. The molecule has 1 aliphatic carbocycles. The number of amides is 2. The summed E-state index contributed by atoms with van der Waals surface area (Å²) in [6.07, 6.45) is 3.16. The average Bonchev–Trinajstić information content (AvgIpc) is 3.20. The van der Waals surface area contributed by atoms with Crippen molar-refractivity contribution in [3.05, 3.63) is 76.2 Å². The maximum Gasteiger partial charge on any atom is 0.269 e. The number of fused-ring (bicyclic) bond motifs is 2. The third-order valence-corrected chi connectivity index (χ3v) is 6.94. The minimum Gasteiger partial charge on any atom is -0.485 e. The van der Waals surface area contributed by atoms with Crippen LogP contribution >= 0.6 is 11.3 Å². The molecule has 0 fully saturated rings. The molecular weight excluding hydrogens is 424 g/mol. The van der Waals surface area contributed by atoms with Gasteiger partial charge >= 0.3 is 0 Å². The van der Waals surface area contributed by atoms with E-state index in [1.165, 1.54) is 16.2 Å². The van der Waals surface area contributed by atoms with E-state index in [2.05, 4.69) is 10.6 Å². The van der Waals surface area contributed by atoms with Crippen molar-refractivity contribution >= 4 is 28.2 Å². The SMILES string of the molecule is O=C(NCc1ccccc1)c1c(NC(=O)[C@@H]2COc3ccccc3O2)sc2c1CCCC2. The maximum atomic E-state index is 13.2. The largest absolute Gasteiger partial charge is 0.485 e. The van der Waals surface area contributed by atoms with Crippen LogP contribution in [0.25, 0.3) is 0 Å². The normalized spacial score (nSPS) is 16.7. The van der Waals surface area contributed by atoms with Crippen LogP contribution in [0.2, 0.25) is 0 Å². The summed E-state index contributed by atoms with van der Waals surface area (Å²) in [5, 5.41) is 6.57. The molecule has 0 bridgehead atoms. The molecule has 2 heterocycles. The summed E-state index contributed by atoms with van der Waals surface area (Å²) in [6.45, 7) is 0.567. The number of carbonyl (C=O) groups is 2. The fraction of sp³-hybridized carbons (Fsp3) is 0.280. The Morgan fingerprint density at radius 2 is 1.72 bits per heavy atom. The number of hydrogen-bond donors (Lipinski definition) is 2. The zero-order valence-corrected chi connectivity index (χ0v) is 18.4. The van der Waals surface area contributed by atoms with E-state index >= 15 is 0 Å².